The van der Waals surface area contributed by atoms with E-state index < -0.39 is 0 Å². The Bertz CT molecular complexity index is 788. The van der Waals surface area contributed by atoms with Gasteiger partial charge in [0.25, 0.3) is 0 Å². The highest BCUT2D eigenvalue weighted by molar-refractivity contribution is 5.65. The number of nitrogens with zero attached hydrogens (tertiary/aromatic N) is 3. The molecule has 4 rings (SSSR count). The third-order valence-corrected chi connectivity index (χ3v) is 5.18. The van der Waals surface area contributed by atoms with Gasteiger partial charge < -0.3 is 0 Å². The van der Waals surface area contributed by atoms with Gasteiger partial charge in [0.05, 0.1) is 5.69 Å². The molecule has 0 saturated carbocycles. The van der Waals surface area contributed by atoms with Crippen molar-refractivity contribution in [2.24, 2.45) is 0 Å². The van der Waals surface area contributed by atoms with Crippen LogP contribution in [0.4, 0.5) is 0 Å². The van der Waals surface area contributed by atoms with Crippen molar-refractivity contribution in [2.45, 2.75) is 44.3 Å². The van der Waals surface area contributed by atoms with Gasteiger partial charge in [0.2, 0.25) is 0 Å². The minimum Gasteiger partial charge on any atom is -0.289 e. The molecule has 3 heteroatoms. The van der Waals surface area contributed by atoms with Crippen molar-refractivity contribution in [3.63, 3.8) is 0 Å². The molecule has 2 atom stereocenters. The highest BCUT2D eigenvalue weighted by atomic mass is 15.2. The first-order valence-corrected chi connectivity index (χ1v) is 8.71. The molecular weight excluding hydrogens is 294 g/mol. The summed E-state index contributed by atoms with van der Waals surface area (Å²) in [6.07, 6.45) is 7.19. The topological polar surface area (TPSA) is 39.9 Å². The van der Waals surface area contributed by atoms with Crippen LogP contribution >= 0.6 is 0 Å². The van der Waals surface area contributed by atoms with Crippen LogP contribution < -0.4 is 0 Å². The number of hydrogen-bond acceptors (Lipinski definition) is 3. The summed E-state index contributed by atoms with van der Waals surface area (Å²) in [5.74, 6) is 0. The lowest BCUT2D eigenvalue weighted by atomic mass is 9.83. The summed E-state index contributed by atoms with van der Waals surface area (Å²) in [4.78, 5) is 7.15. The molecule has 120 valence electrons. The van der Waals surface area contributed by atoms with Crippen LogP contribution in [0.5, 0.6) is 0 Å². The zero-order valence-electron chi connectivity index (χ0n) is 13.7. The molecule has 1 aromatic heterocycles. The van der Waals surface area contributed by atoms with Crippen LogP contribution in [0, 0.1) is 11.3 Å². The number of fused-ring (bicyclic) bond motifs is 2. The number of benzene rings is 1. The summed E-state index contributed by atoms with van der Waals surface area (Å²) in [6, 6.07) is 19.7. The van der Waals surface area contributed by atoms with Crippen LogP contribution in [-0.2, 0) is 6.54 Å². The molecule has 3 nitrogen and oxygen atoms in total. The van der Waals surface area contributed by atoms with E-state index in [4.69, 9.17) is 5.26 Å². The molecule has 2 unspecified atom stereocenters. The summed E-state index contributed by atoms with van der Waals surface area (Å²) in [6.45, 7) is 1.02. The number of nitriles is 1. The summed E-state index contributed by atoms with van der Waals surface area (Å²) >= 11 is 0. The van der Waals surface area contributed by atoms with Gasteiger partial charge in [-0.25, -0.2) is 4.98 Å². The largest absolute Gasteiger partial charge is 0.289 e. The van der Waals surface area contributed by atoms with Gasteiger partial charge in [0.15, 0.2) is 0 Å². The van der Waals surface area contributed by atoms with E-state index in [1.165, 1.54) is 30.4 Å². The smallest absolute Gasteiger partial charge is 0.141 e. The van der Waals surface area contributed by atoms with Gasteiger partial charge >= 0.3 is 0 Å². The average Bonchev–Trinajstić information content (AvgIpc) is 2.62. The Hall–Kier alpha value is -2.44. The molecule has 0 N–H and O–H groups in total. The van der Waals surface area contributed by atoms with Gasteiger partial charge in [-0.15, -0.1) is 0 Å². The van der Waals surface area contributed by atoms with Gasteiger partial charge in [0, 0.05) is 18.6 Å². The van der Waals surface area contributed by atoms with Crippen LogP contribution in [0.15, 0.2) is 54.6 Å². The minimum atomic E-state index is 0.486. The summed E-state index contributed by atoms with van der Waals surface area (Å²) in [5, 5.41) is 9.09. The Morgan fingerprint density at radius 2 is 1.96 bits per heavy atom. The Balaban J connectivity index is 1.61. The molecule has 2 bridgehead atoms. The molecule has 1 saturated heterocycles. The predicted molar refractivity (Wildman–Crippen MR) is 95.0 cm³/mol. The molecule has 0 aliphatic carbocycles. The molecule has 1 fully saturated rings. The molecule has 3 heterocycles. The molecule has 2 aliphatic heterocycles. The maximum Gasteiger partial charge on any atom is 0.141 e. The first kappa shape index (κ1) is 15.1. The number of pyridine rings is 1. The van der Waals surface area contributed by atoms with E-state index in [9.17, 15) is 0 Å². The Morgan fingerprint density at radius 3 is 2.75 bits per heavy atom. The average molecular weight is 315 g/mol. The monoisotopic (exact) mass is 315 g/mol. The van der Waals surface area contributed by atoms with Crippen molar-refractivity contribution in [1.29, 1.82) is 5.26 Å². The first-order valence-electron chi connectivity index (χ1n) is 8.71. The second kappa shape index (κ2) is 6.59. The van der Waals surface area contributed by atoms with Crippen LogP contribution in [0.25, 0.3) is 5.57 Å². The summed E-state index contributed by atoms with van der Waals surface area (Å²) in [7, 11) is 0. The maximum atomic E-state index is 9.09. The lowest BCUT2D eigenvalue weighted by Gasteiger charge is -2.45. The van der Waals surface area contributed by atoms with E-state index in [0.29, 0.717) is 17.8 Å². The Kier molecular flexibility index (Phi) is 4.15. The second-order valence-corrected chi connectivity index (χ2v) is 6.73. The molecule has 2 aromatic rings. The quantitative estimate of drug-likeness (QED) is 0.853. The van der Waals surface area contributed by atoms with Crippen molar-refractivity contribution < 1.29 is 0 Å². The second-order valence-electron chi connectivity index (χ2n) is 6.73. The maximum absolute atomic E-state index is 9.09. The molecule has 1 aromatic carbocycles. The molecule has 24 heavy (non-hydrogen) atoms. The van der Waals surface area contributed by atoms with Gasteiger partial charge in [-0.05, 0) is 42.5 Å². The van der Waals surface area contributed by atoms with E-state index in [0.717, 1.165) is 18.7 Å². The fourth-order valence-electron chi connectivity index (χ4n) is 4.02. The predicted octanol–water partition coefficient (Wildman–Crippen LogP) is 4.16. The van der Waals surface area contributed by atoms with Crippen molar-refractivity contribution in [3.05, 3.63) is 71.6 Å². The van der Waals surface area contributed by atoms with Crippen LogP contribution in [-0.4, -0.2) is 22.0 Å². The molecular formula is C21H21N3. The third-order valence-electron chi connectivity index (χ3n) is 5.18. The first-order chi connectivity index (χ1) is 11.8. The van der Waals surface area contributed by atoms with E-state index in [1.807, 2.05) is 12.1 Å². The van der Waals surface area contributed by atoms with Crippen molar-refractivity contribution in [2.75, 3.05) is 0 Å². The normalized spacial score (nSPS) is 23.4. The van der Waals surface area contributed by atoms with E-state index >= 15 is 0 Å². The molecule has 2 aliphatic rings. The van der Waals surface area contributed by atoms with Crippen LogP contribution in [0.2, 0.25) is 0 Å². The van der Waals surface area contributed by atoms with Crippen molar-refractivity contribution in [1.82, 2.24) is 9.88 Å². The van der Waals surface area contributed by atoms with Gasteiger partial charge in [-0.2, -0.15) is 5.26 Å². The van der Waals surface area contributed by atoms with Crippen LogP contribution in [0.1, 0.15) is 42.6 Å². The summed E-state index contributed by atoms with van der Waals surface area (Å²) in [5.41, 5.74) is 4.18. The third kappa shape index (κ3) is 2.98. The SMILES string of the molecule is N#Cc1cccc(C2=CC3CCCC(C2)N3Cc2ccccc2)n1. The highest BCUT2D eigenvalue weighted by Crippen LogP contribution is 2.37. The Morgan fingerprint density at radius 1 is 1.08 bits per heavy atom. The molecule has 0 radical (unpaired) electrons. The number of aromatic nitrogens is 1. The molecule has 0 spiro atoms. The highest BCUT2D eigenvalue weighted by Gasteiger charge is 2.34. The standard InChI is InChI=1S/C21H21N3/c22-14-18-8-4-11-21(23-18)17-12-19-9-5-10-20(13-17)24(19)15-16-6-2-1-3-7-16/h1-4,6-8,11-12,19-20H,5,9-10,13,15H2. The zero-order valence-corrected chi connectivity index (χ0v) is 13.7. The van der Waals surface area contributed by atoms with Gasteiger partial charge in [0.1, 0.15) is 11.8 Å². The van der Waals surface area contributed by atoms with Crippen LogP contribution in [0.3, 0.4) is 0 Å². The lowest BCUT2D eigenvalue weighted by Crippen LogP contribution is -2.47. The Labute approximate surface area is 143 Å². The fraction of sp³-hybridized carbons (Fsp3) is 0.333. The number of rotatable bonds is 3. The van der Waals surface area contributed by atoms with Gasteiger partial charge in [-0.3, -0.25) is 4.90 Å². The van der Waals surface area contributed by atoms with E-state index in [-0.39, 0.29) is 0 Å². The number of piperidine rings is 1. The summed E-state index contributed by atoms with van der Waals surface area (Å²) < 4.78 is 0. The van der Waals surface area contributed by atoms with Gasteiger partial charge in [-0.1, -0.05) is 48.9 Å². The fourth-order valence-corrected chi connectivity index (χ4v) is 4.02. The van der Waals surface area contributed by atoms with E-state index in [1.54, 1.807) is 6.07 Å². The minimum absolute atomic E-state index is 0.486. The zero-order chi connectivity index (χ0) is 16.4. The van der Waals surface area contributed by atoms with Crippen molar-refractivity contribution in [3.8, 4) is 6.07 Å². The molecule has 0 amide bonds. The lowest BCUT2D eigenvalue weighted by molar-refractivity contribution is 0.0950. The number of hydrogen-bond donors (Lipinski definition) is 0. The van der Waals surface area contributed by atoms with Crippen molar-refractivity contribution >= 4 is 5.57 Å². The van der Waals surface area contributed by atoms with E-state index in [2.05, 4.69) is 52.4 Å².